The van der Waals surface area contributed by atoms with E-state index in [0.29, 0.717) is 13.1 Å². The third-order valence-corrected chi connectivity index (χ3v) is 5.56. The molecule has 24 heavy (non-hydrogen) atoms. The minimum Gasteiger partial charge on any atom is -0.336 e. The number of urea groups is 1. The molecule has 1 fully saturated rings. The summed E-state index contributed by atoms with van der Waals surface area (Å²) in [5.41, 5.74) is 1.16. The fourth-order valence-electron chi connectivity index (χ4n) is 3.35. The van der Waals surface area contributed by atoms with E-state index >= 15 is 0 Å². The molecule has 0 bridgehead atoms. The van der Waals surface area contributed by atoms with Gasteiger partial charge in [0.2, 0.25) is 0 Å². The smallest absolute Gasteiger partial charge is 0.318 e. The first kappa shape index (κ1) is 16.7. The molecule has 2 N–H and O–H groups in total. The van der Waals surface area contributed by atoms with Gasteiger partial charge in [0.05, 0.1) is 0 Å². The van der Waals surface area contributed by atoms with E-state index in [9.17, 15) is 17.8 Å². The van der Waals surface area contributed by atoms with Gasteiger partial charge in [-0.2, -0.15) is 8.42 Å². The molecule has 0 radical (unpaired) electrons. The van der Waals surface area contributed by atoms with Gasteiger partial charge in [-0.05, 0) is 17.5 Å². The van der Waals surface area contributed by atoms with Crippen LogP contribution < -0.4 is 5.32 Å². The van der Waals surface area contributed by atoms with E-state index < -0.39 is 20.9 Å². The Hall–Kier alpha value is -2.12. The number of nitrogens with one attached hydrogen (secondary N) is 1. The van der Waals surface area contributed by atoms with Crippen molar-refractivity contribution in [2.45, 2.75) is 24.1 Å². The quantitative estimate of drug-likeness (QED) is 0.642. The third kappa shape index (κ3) is 2.74. The number of nitrogens with zero attached hydrogens (tertiary/aromatic N) is 1. The van der Waals surface area contributed by atoms with Crippen molar-refractivity contribution in [3.8, 4) is 0 Å². The molecule has 0 saturated carbocycles. The molecule has 2 amide bonds. The second-order valence-corrected chi connectivity index (χ2v) is 7.49. The van der Waals surface area contributed by atoms with Crippen LogP contribution in [0.5, 0.6) is 0 Å². The lowest BCUT2D eigenvalue weighted by molar-refractivity contribution is 0.187. The van der Waals surface area contributed by atoms with Gasteiger partial charge in [-0.3, -0.25) is 4.55 Å². The number of carbonyl (C=O) groups is 1. The molecule has 0 unspecified atom stereocenters. The van der Waals surface area contributed by atoms with Gasteiger partial charge in [0.15, 0.2) is 0 Å². The van der Waals surface area contributed by atoms with Crippen molar-refractivity contribution in [1.29, 1.82) is 0 Å². The zero-order chi connectivity index (χ0) is 17.4. The van der Waals surface area contributed by atoms with E-state index in [2.05, 4.69) is 5.32 Å². The van der Waals surface area contributed by atoms with Crippen molar-refractivity contribution in [3.05, 3.63) is 59.7 Å². The van der Waals surface area contributed by atoms with E-state index in [1.54, 1.807) is 17.1 Å². The third-order valence-electron chi connectivity index (χ3n) is 4.56. The summed E-state index contributed by atoms with van der Waals surface area (Å²) in [6, 6.07) is 7.60. The van der Waals surface area contributed by atoms with Gasteiger partial charge in [0, 0.05) is 13.1 Å². The molecular weight excluding hydrogens is 328 g/mol. The Labute approximate surface area is 141 Å². The number of amides is 2. The Bertz CT molecular complexity index is 800. The summed E-state index contributed by atoms with van der Waals surface area (Å²) in [5, 5.41) is 1.70. The average Bonchev–Trinajstić information content (AvgIpc) is 3.00. The molecule has 2 aliphatic rings. The molecule has 1 aromatic carbocycles. The largest absolute Gasteiger partial charge is 0.336 e. The summed E-state index contributed by atoms with van der Waals surface area (Å²) in [7, 11) is -4.20. The van der Waals surface area contributed by atoms with Crippen molar-refractivity contribution in [3.63, 3.8) is 0 Å². The van der Waals surface area contributed by atoms with Gasteiger partial charge >= 0.3 is 6.03 Å². The Morgan fingerprint density at radius 2 is 1.96 bits per heavy atom. The second-order valence-electron chi connectivity index (χ2n) is 5.92. The first-order valence-electron chi connectivity index (χ1n) is 7.87. The molecule has 3 rings (SSSR count). The van der Waals surface area contributed by atoms with Crippen molar-refractivity contribution in [2.75, 3.05) is 13.1 Å². The topological polar surface area (TPSA) is 86.7 Å². The number of aryl methyl sites for hydroxylation is 1. The zero-order valence-corrected chi connectivity index (χ0v) is 14.2. The van der Waals surface area contributed by atoms with Gasteiger partial charge < -0.3 is 10.2 Å². The van der Waals surface area contributed by atoms with Crippen LogP contribution in [0.2, 0.25) is 0 Å². The van der Waals surface area contributed by atoms with Crippen LogP contribution in [0.25, 0.3) is 0 Å². The Kier molecular flexibility index (Phi) is 4.23. The summed E-state index contributed by atoms with van der Waals surface area (Å²) < 4.78 is 32.1. The highest BCUT2D eigenvalue weighted by molar-refractivity contribution is 7.86. The summed E-state index contributed by atoms with van der Waals surface area (Å²) in [5.74, 6) is 0. The maximum atomic E-state index is 12.3. The summed E-state index contributed by atoms with van der Waals surface area (Å²) in [4.78, 5) is 14.0. The number of rotatable bonds is 4. The Balaban J connectivity index is 2.14. The maximum Gasteiger partial charge on any atom is 0.318 e. The molecule has 0 aromatic heterocycles. The van der Waals surface area contributed by atoms with E-state index in [1.807, 2.05) is 31.2 Å². The molecule has 6 nitrogen and oxygen atoms in total. The molecule has 0 spiro atoms. The van der Waals surface area contributed by atoms with E-state index in [0.717, 1.165) is 17.5 Å². The van der Waals surface area contributed by atoms with Crippen molar-refractivity contribution in [1.82, 2.24) is 10.2 Å². The van der Waals surface area contributed by atoms with Crippen molar-refractivity contribution < 1.29 is 17.8 Å². The molecule has 0 atom stereocenters. The lowest BCUT2D eigenvalue weighted by Gasteiger charge is -2.40. The van der Waals surface area contributed by atoms with Gasteiger partial charge in [0.1, 0.15) is 10.8 Å². The predicted octanol–water partition coefficient (Wildman–Crippen LogP) is 1.85. The summed E-state index contributed by atoms with van der Waals surface area (Å²) >= 11 is 0. The van der Waals surface area contributed by atoms with Crippen LogP contribution in [0, 0.1) is 0 Å². The average molecular weight is 348 g/mol. The fourth-order valence-corrected chi connectivity index (χ4v) is 3.90. The van der Waals surface area contributed by atoms with E-state index in [-0.39, 0.29) is 6.03 Å². The second kappa shape index (κ2) is 6.07. The number of benzene rings is 1. The lowest BCUT2D eigenvalue weighted by Crippen LogP contribution is -2.47. The molecular formula is C17H20N2O4S. The Morgan fingerprint density at radius 3 is 2.50 bits per heavy atom. The Morgan fingerprint density at radius 1 is 1.29 bits per heavy atom. The zero-order valence-electron chi connectivity index (χ0n) is 13.3. The molecule has 7 heteroatoms. The van der Waals surface area contributed by atoms with E-state index in [1.165, 1.54) is 12.2 Å². The van der Waals surface area contributed by atoms with Crippen LogP contribution in [-0.4, -0.2) is 42.2 Å². The predicted molar refractivity (Wildman–Crippen MR) is 91.2 cm³/mol. The van der Waals surface area contributed by atoms with Crippen LogP contribution >= 0.6 is 0 Å². The number of carbonyl (C=O) groups excluding carboxylic acids is 1. The monoisotopic (exact) mass is 348 g/mol. The van der Waals surface area contributed by atoms with E-state index in [4.69, 9.17) is 0 Å². The lowest BCUT2D eigenvalue weighted by atomic mass is 9.81. The molecule has 1 aliphatic heterocycles. The standard InChI is InChI=1S/C17H20N2O4S/c1-2-13-5-3-4-6-15(13)17(19-12-11-18-16(19)20)9-7-14(8-10-17)24(21,22)23/h3-10,14H,2,11-12H2,1H3,(H,18,20)(H,21,22,23). The highest BCUT2D eigenvalue weighted by atomic mass is 32.2. The summed E-state index contributed by atoms with van der Waals surface area (Å²) in [6.07, 6.45) is 7.06. The molecule has 128 valence electrons. The van der Waals surface area contributed by atoms with Gasteiger partial charge in [0.25, 0.3) is 10.1 Å². The molecule has 1 saturated heterocycles. The highest BCUT2D eigenvalue weighted by Crippen LogP contribution is 2.38. The number of hydrogen-bond donors (Lipinski definition) is 2. The van der Waals surface area contributed by atoms with Gasteiger partial charge in [-0.15, -0.1) is 0 Å². The molecule has 1 aromatic rings. The minimum atomic E-state index is -4.20. The fraction of sp³-hybridized carbons (Fsp3) is 0.353. The highest BCUT2D eigenvalue weighted by Gasteiger charge is 2.42. The number of hydrogen-bond acceptors (Lipinski definition) is 3. The van der Waals surface area contributed by atoms with Crippen LogP contribution in [0.4, 0.5) is 4.79 Å². The normalized spacial score (nSPS) is 26.7. The van der Waals surface area contributed by atoms with Crippen molar-refractivity contribution in [2.24, 2.45) is 0 Å². The maximum absolute atomic E-state index is 12.3. The SMILES string of the molecule is CCc1ccccc1C1(N2CCNC2=O)C=CC(S(=O)(=O)O)C=C1. The first-order valence-corrected chi connectivity index (χ1v) is 9.37. The van der Waals surface area contributed by atoms with Crippen LogP contribution in [0.1, 0.15) is 18.1 Å². The van der Waals surface area contributed by atoms with Crippen LogP contribution in [0.15, 0.2) is 48.6 Å². The van der Waals surface area contributed by atoms with Crippen LogP contribution in [-0.2, 0) is 22.1 Å². The van der Waals surface area contributed by atoms with Gasteiger partial charge in [-0.25, -0.2) is 4.79 Å². The van der Waals surface area contributed by atoms with Crippen molar-refractivity contribution >= 4 is 16.1 Å². The molecule has 1 aliphatic carbocycles. The van der Waals surface area contributed by atoms with Gasteiger partial charge in [-0.1, -0.05) is 55.5 Å². The van der Waals surface area contributed by atoms with Crippen LogP contribution in [0.3, 0.4) is 0 Å². The minimum absolute atomic E-state index is 0.194. The first-order chi connectivity index (χ1) is 11.4. The summed E-state index contributed by atoms with van der Waals surface area (Å²) in [6.45, 7) is 3.09. The molecule has 1 heterocycles.